The molecule has 0 heterocycles. The molecule has 0 amide bonds. The molecule has 0 aromatic heterocycles. The maximum absolute atomic E-state index is 11.9. The van der Waals surface area contributed by atoms with E-state index in [4.69, 9.17) is 9.84 Å². The van der Waals surface area contributed by atoms with E-state index in [-0.39, 0.29) is 36.6 Å². The van der Waals surface area contributed by atoms with E-state index in [2.05, 4.69) is 0 Å². The average molecular weight is 332 g/mol. The number of hydrogen-bond donors (Lipinski definition) is 1. The molecule has 0 saturated carbocycles. The minimum Gasteiger partial charge on any atom is -0.461 e. The summed E-state index contributed by atoms with van der Waals surface area (Å²) in [6, 6.07) is 6.02. The van der Waals surface area contributed by atoms with E-state index in [1.165, 1.54) is 6.92 Å². The van der Waals surface area contributed by atoms with E-state index in [1.807, 2.05) is 38.1 Å². The van der Waals surface area contributed by atoms with Gasteiger partial charge in [-0.3, -0.25) is 9.59 Å². The van der Waals surface area contributed by atoms with Gasteiger partial charge >= 0.3 is 5.97 Å². The molecule has 0 spiro atoms. The van der Waals surface area contributed by atoms with Crippen molar-refractivity contribution >= 4 is 17.8 Å². The van der Waals surface area contributed by atoms with Crippen LogP contribution in [0.15, 0.2) is 24.3 Å². The van der Waals surface area contributed by atoms with Crippen LogP contribution in [0.25, 0.3) is 6.08 Å². The van der Waals surface area contributed by atoms with Crippen LogP contribution in [0.4, 0.5) is 0 Å². The molecule has 0 unspecified atom stereocenters. The highest BCUT2D eigenvalue weighted by molar-refractivity contribution is 5.79. The Kier molecular flexibility index (Phi) is 7.86. The van der Waals surface area contributed by atoms with Gasteiger partial charge < -0.3 is 9.84 Å². The van der Waals surface area contributed by atoms with Gasteiger partial charge in [0.2, 0.25) is 0 Å². The van der Waals surface area contributed by atoms with Gasteiger partial charge in [0.1, 0.15) is 11.9 Å². The van der Waals surface area contributed by atoms with E-state index in [1.54, 1.807) is 19.9 Å². The van der Waals surface area contributed by atoms with Crippen LogP contribution in [0.1, 0.15) is 56.7 Å². The maximum Gasteiger partial charge on any atom is 0.305 e. The number of aryl methyl sites for hydroxylation is 1. The van der Waals surface area contributed by atoms with Crippen LogP contribution in [0, 0.1) is 12.8 Å². The quantitative estimate of drug-likeness (QED) is 0.738. The highest BCUT2D eigenvalue weighted by Gasteiger charge is 2.31. The second-order valence-electron chi connectivity index (χ2n) is 6.21. The van der Waals surface area contributed by atoms with E-state index in [9.17, 15) is 9.59 Å². The lowest BCUT2D eigenvalue weighted by Crippen LogP contribution is -2.34. The highest BCUT2D eigenvalue weighted by atomic mass is 16.5. The summed E-state index contributed by atoms with van der Waals surface area (Å²) >= 11 is 0. The summed E-state index contributed by atoms with van der Waals surface area (Å²) < 4.78 is 5.60. The molecule has 24 heavy (non-hydrogen) atoms. The molecule has 4 heteroatoms. The summed E-state index contributed by atoms with van der Waals surface area (Å²) in [5.41, 5.74) is 3.06. The molecule has 1 rings (SSSR count). The number of ether oxygens (including phenoxy) is 1. The van der Waals surface area contributed by atoms with Crippen LogP contribution < -0.4 is 0 Å². The molecular weight excluding hydrogens is 304 g/mol. The van der Waals surface area contributed by atoms with Gasteiger partial charge in [0.05, 0.1) is 12.5 Å². The molecule has 0 aliphatic heterocycles. The molecule has 0 aliphatic rings. The minimum atomic E-state index is -0.515. The molecule has 0 fully saturated rings. The largest absolute Gasteiger partial charge is 0.461 e. The summed E-state index contributed by atoms with van der Waals surface area (Å²) in [5.74, 6) is -0.834. The van der Waals surface area contributed by atoms with Gasteiger partial charge in [-0.2, -0.15) is 0 Å². The first-order valence-electron chi connectivity index (χ1n) is 8.39. The summed E-state index contributed by atoms with van der Waals surface area (Å²) in [5, 5.41) is 9.05. The number of carbonyl (C=O) groups excluding carboxylic acids is 2. The van der Waals surface area contributed by atoms with Crippen LogP contribution in [0.2, 0.25) is 0 Å². The van der Waals surface area contributed by atoms with Crippen molar-refractivity contribution in [2.45, 2.75) is 53.1 Å². The van der Waals surface area contributed by atoms with Gasteiger partial charge in [-0.1, -0.05) is 56.7 Å². The molecule has 0 aliphatic carbocycles. The Labute approximate surface area is 144 Å². The number of hydrogen-bond acceptors (Lipinski definition) is 4. The van der Waals surface area contributed by atoms with Crippen molar-refractivity contribution in [2.75, 3.05) is 6.61 Å². The number of Topliss-reactive ketones (excluding diaryl/α,β-unsaturated/α-hetero) is 1. The van der Waals surface area contributed by atoms with Gasteiger partial charge in [0.25, 0.3) is 0 Å². The molecule has 0 saturated heterocycles. The fourth-order valence-corrected chi connectivity index (χ4v) is 2.71. The molecule has 3 atom stereocenters. The monoisotopic (exact) mass is 332 g/mol. The van der Waals surface area contributed by atoms with E-state index < -0.39 is 6.10 Å². The predicted octanol–water partition coefficient (Wildman–Crippen LogP) is 3.65. The van der Waals surface area contributed by atoms with Crippen molar-refractivity contribution in [3.63, 3.8) is 0 Å². The fourth-order valence-electron chi connectivity index (χ4n) is 2.71. The molecule has 0 radical (unpaired) electrons. The smallest absolute Gasteiger partial charge is 0.305 e. The third-order valence-electron chi connectivity index (χ3n) is 4.32. The molecule has 1 N–H and O–H groups in total. The summed E-state index contributed by atoms with van der Waals surface area (Å²) in [6.07, 6.45) is 3.29. The molecular formula is C20H28O4. The van der Waals surface area contributed by atoms with Crippen LogP contribution in [-0.4, -0.2) is 29.6 Å². The van der Waals surface area contributed by atoms with Gasteiger partial charge in [-0.25, -0.2) is 0 Å². The number of esters is 1. The van der Waals surface area contributed by atoms with Crippen LogP contribution in [0.5, 0.6) is 0 Å². The van der Waals surface area contributed by atoms with Crippen molar-refractivity contribution in [1.82, 2.24) is 0 Å². The van der Waals surface area contributed by atoms with Crippen molar-refractivity contribution in [2.24, 2.45) is 5.92 Å². The normalized spacial score (nSPS) is 15.1. The number of rotatable bonds is 8. The average Bonchev–Trinajstić information content (AvgIpc) is 2.56. The lowest BCUT2D eigenvalue weighted by molar-refractivity contribution is -0.154. The van der Waals surface area contributed by atoms with Crippen molar-refractivity contribution in [1.29, 1.82) is 0 Å². The van der Waals surface area contributed by atoms with Crippen molar-refractivity contribution in [3.8, 4) is 0 Å². The Morgan fingerprint density at radius 3 is 2.50 bits per heavy atom. The third-order valence-corrected chi connectivity index (χ3v) is 4.32. The zero-order valence-corrected chi connectivity index (χ0v) is 15.2. The zero-order valence-electron chi connectivity index (χ0n) is 15.2. The molecule has 1 aromatic rings. The van der Waals surface area contributed by atoms with Crippen LogP contribution >= 0.6 is 0 Å². The van der Waals surface area contributed by atoms with Crippen molar-refractivity contribution in [3.05, 3.63) is 41.0 Å². The predicted molar refractivity (Wildman–Crippen MR) is 95.7 cm³/mol. The first-order chi connectivity index (χ1) is 11.3. The second-order valence-corrected chi connectivity index (χ2v) is 6.21. The first-order valence-corrected chi connectivity index (χ1v) is 8.39. The second kappa shape index (κ2) is 9.38. The Morgan fingerprint density at radius 1 is 1.29 bits per heavy atom. The molecule has 4 nitrogen and oxygen atoms in total. The summed E-state index contributed by atoms with van der Waals surface area (Å²) in [7, 11) is 0. The lowest BCUT2D eigenvalue weighted by Gasteiger charge is -2.29. The van der Waals surface area contributed by atoms with Crippen LogP contribution in [0.3, 0.4) is 0 Å². The number of aliphatic hydroxyl groups excluding tert-OH is 1. The van der Waals surface area contributed by atoms with Gasteiger partial charge in [-0.05, 0) is 25.0 Å². The fraction of sp³-hybridized carbons (Fsp3) is 0.500. The van der Waals surface area contributed by atoms with Gasteiger partial charge in [0.15, 0.2) is 0 Å². The maximum atomic E-state index is 11.9. The van der Waals surface area contributed by atoms with E-state index in [0.29, 0.717) is 0 Å². The van der Waals surface area contributed by atoms with Crippen molar-refractivity contribution < 1.29 is 19.4 Å². The Morgan fingerprint density at radius 2 is 1.96 bits per heavy atom. The van der Waals surface area contributed by atoms with E-state index >= 15 is 0 Å². The number of benzene rings is 1. The van der Waals surface area contributed by atoms with E-state index in [0.717, 1.165) is 16.7 Å². The minimum absolute atomic E-state index is 0.00434. The Hall–Kier alpha value is -1.94. The molecule has 132 valence electrons. The van der Waals surface area contributed by atoms with Gasteiger partial charge in [-0.15, -0.1) is 0 Å². The number of ketones is 1. The first kappa shape index (κ1) is 20.1. The SMILES string of the molecule is CCC(=O)O[C@@H]([C@H](C)C(C)=O)[C@@H](C)c1ccc(C)cc1/C=C/CO. The lowest BCUT2D eigenvalue weighted by atomic mass is 9.83. The topological polar surface area (TPSA) is 63.6 Å². The van der Waals surface area contributed by atoms with Gasteiger partial charge in [0, 0.05) is 12.3 Å². The summed E-state index contributed by atoms with van der Waals surface area (Å²) in [4.78, 5) is 23.7. The highest BCUT2D eigenvalue weighted by Crippen LogP contribution is 2.31. The number of carbonyl (C=O) groups is 2. The molecule has 0 bridgehead atoms. The molecule has 1 aromatic carbocycles. The third kappa shape index (κ3) is 5.31. The van der Waals surface area contributed by atoms with Crippen LogP contribution in [-0.2, 0) is 14.3 Å². The standard InChI is InChI=1S/C20H28O4/c1-6-19(23)24-20(14(3)16(5)22)15(4)18-10-9-13(2)12-17(18)8-7-11-21/h7-10,12,14-15,20-21H,6,11H2,1-5H3/b8-7+/t14-,15+,20+/m1/s1. The Bertz CT molecular complexity index is 604. The summed E-state index contributed by atoms with van der Waals surface area (Å²) in [6.45, 7) is 8.98. The zero-order chi connectivity index (χ0) is 18.3. The number of aliphatic hydroxyl groups is 1. The Balaban J connectivity index is 3.26.